The number of benzene rings is 2. The molecule has 9 heteroatoms. The Bertz CT molecular complexity index is 1050. The summed E-state index contributed by atoms with van der Waals surface area (Å²) < 4.78 is 36.6. The molecular formula is C24H33N3O5S. The van der Waals surface area contributed by atoms with Gasteiger partial charge in [-0.25, -0.2) is 8.42 Å². The third-order valence-electron chi connectivity index (χ3n) is 5.83. The van der Waals surface area contributed by atoms with Gasteiger partial charge < -0.3 is 19.7 Å². The van der Waals surface area contributed by atoms with Crippen LogP contribution in [0.25, 0.3) is 0 Å². The van der Waals surface area contributed by atoms with Crippen molar-refractivity contribution in [1.29, 1.82) is 0 Å². The minimum atomic E-state index is -3.76. The van der Waals surface area contributed by atoms with Crippen molar-refractivity contribution in [3.8, 4) is 11.5 Å². The van der Waals surface area contributed by atoms with Crippen LogP contribution in [0.2, 0.25) is 0 Å². The summed E-state index contributed by atoms with van der Waals surface area (Å²) in [5, 5.41) is 2.90. The smallest absolute Gasteiger partial charge is 0.241 e. The van der Waals surface area contributed by atoms with Gasteiger partial charge in [0.15, 0.2) is 0 Å². The molecule has 2 aromatic carbocycles. The summed E-state index contributed by atoms with van der Waals surface area (Å²) in [4.78, 5) is 15.2. The molecule has 33 heavy (non-hydrogen) atoms. The van der Waals surface area contributed by atoms with E-state index in [-0.39, 0.29) is 18.3 Å². The first-order valence-electron chi connectivity index (χ1n) is 11.1. The highest BCUT2D eigenvalue weighted by Crippen LogP contribution is 2.33. The largest absolute Gasteiger partial charge is 0.497 e. The molecule has 0 saturated carbocycles. The Labute approximate surface area is 196 Å². The summed E-state index contributed by atoms with van der Waals surface area (Å²) in [6.45, 7) is 3.64. The number of nitrogens with one attached hydrogen (secondary N) is 1. The standard InChI is InChI=1S/C24H33N3O5S/c1-18(19-8-10-20(11-9-19)26-14-6-5-7-15-26)25-24(28)17-27(33(4,29)30)22-16-21(31-2)12-13-23(22)32-3/h8-13,16,18H,5-7,14-15,17H2,1-4H3,(H,25,28). The Balaban J connectivity index is 1.72. The molecule has 0 radical (unpaired) electrons. The van der Waals surface area contributed by atoms with E-state index in [2.05, 4.69) is 22.3 Å². The number of carbonyl (C=O) groups is 1. The second kappa shape index (κ2) is 10.8. The lowest BCUT2D eigenvalue weighted by Gasteiger charge is -2.29. The average Bonchev–Trinajstić information content (AvgIpc) is 2.82. The number of anilines is 2. The van der Waals surface area contributed by atoms with Gasteiger partial charge in [-0.3, -0.25) is 9.10 Å². The van der Waals surface area contributed by atoms with Crippen LogP contribution in [0.15, 0.2) is 42.5 Å². The molecule has 0 aliphatic carbocycles. The lowest BCUT2D eigenvalue weighted by molar-refractivity contribution is -0.120. The van der Waals surface area contributed by atoms with Crippen LogP contribution in [0.1, 0.15) is 37.8 Å². The number of nitrogens with zero attached hydrogens (tertiary/aromatic N) is 2. The summed E-state index contributed by atoms with van der Waals surface area (Å²) in [5.41, 5.74) is 2.38. The van der Waals surface area contributed by atoms with E-state index in [1.165, 1.54) is 45.2 Å². The van der Waals surface area contributed by atoms with E-state index in [0.29, 0.717) is 11.5 Å². The van der Waals surface area contributed by atoms with Crippen LogP contribution in [0.3, 0.4) is 0 Å². The number of rotatable bonds is 9. The number of hydrogen-bond acceptors (Lipinski definition) is 6. The van der Waals surface area contributed by atoms with Gasteiger partial charge in [0.25, 0.3) is 0 Å². The summed E-state index contributed by atoms with van der Waals surface area (Å²) in [6.07, 6.45) is 4.76. The maximum Gasteiger partial charge on any atom is 0.241 e. The Morgan fingerprint density at radius 2 is 1.73 bits per heavy atom. The van der Waals surface area contributed by atoms with Crippen molar-refractivity contribution in [3.63, 3.8) is 0 Å². The highest BCUT2D eigenvalue weighted by Gasteiger charge is 2.25. The van der Waals surface area contributed by atoms with E-state index >= 15 is 0 Å². The molecule has 1 aliphatic rings. The molecule has 3 rings (SSSR count). The first-order chi connectivity index (χ1) is 15.7. The van der Waals surface area contributed by atoms with Gasteiger partial charge in [0, 0.05) is 24.8 Å². The third kappa shape index (κ3) is 6.31. The van der Waals surface area contributed by atoms with Crippen molar-refractivity contribution >= 4 is 27.3 Å². The number of sulfonamides is 1. The van der Waals surface area contributed by atoms with Crippen LogP contribution in [0.5, 0.6) is 11.5 Å². The molecule has 8 nitrogen and oxygen atoms in total. The fraction of sp³-hybridized carbons (Fsp3) is 0.458. The summed E-state index contributed by atoms with van der Waals surface area (Å²) in [5.74, 6) is 0.371. The van der Waals surface area contributed by atoms with Gasteiger partial charge in [0.1, 0.15) is 18.0 Å². The Kier molecular flexibility index (Phi) is 8.07. The molecule has 0 spiro atoms. The van der Waals surface area contributed by atoms with Crippen molar-refractivity contribution in [2.24, 2.45) is 0 Å². The molecule has 0 bridgehead atoms. The Hall–Kier alpha value is -2.94. The van der Waals surface area contributed by atoms with Crippen LogP contribution in [-0.4, -0.2) is 54.4 Å². The fourth-order valence-corrected chi connectivity index (χ4v) is 4.85. The van der Waals surface area contributed by atoms with E-state index in [0.717, 1.165) is 29.2 Å². The molecule has 180 valence electrons. The zero-order chi connectivity index (χ0) is 24.0. The molecule has 1 saturated heterocycles. The van der Waals surface area contributed by atoms with Crippen LogP contribution >= 0.6 is 0 Å². The Morgan fingerprint density at radius 3 is 2.30 bits per heavy atom. The van der Waals surface area contributed by atoms with Gasteiger partial charge in [-0.2, -0.15) is 0 Å². The van der Waals surface area contributed by atoms with E-state index in [1.54, 1.807) is 12.1 Å². The SMILES string of the molecule is COc1ccc(OC)c(N(CC(=O)NC(C)c2ccc(N3CCCCC3)cc2)S(C)(=O)=O)c1. The third-order valence-corrected chi connectivity index (χ3v) is 6.96. The normalized spacial score (nSPS) is 15.0. The van der Waals surface area contributed by atoms with Gasteiger partial charge in [-0.1, -0.05) is 12.1 Å². The van der Waals surface area contributed by atoms with Gasteiger partial charge in [-0.15, -0.1) is 0 Å². The fourth-order valence-electron chi connectivity index (χ4n) is 4.00. The lowest BCUT2D eigenvalue weighted by atomic mass is 10.1. The molecule has 1 aliphatic heterocycles. The van der Waals surface area contributed by atoms with Gasteiger partial charge in [0.2, 0.25) is 15.9 Å². The van der Waals surface area contributed by atoms with Crippen molar-refractivity contribution in [1.82, 2.24) is 5.32 Å². The second-order valence-corrected chi connectivity index (χ2v) is 10.1. The van der Waals surface area contributed by atoms with Gasteiger partial charge >= 0.3 is 0 Å². The maximum absolute atomic E-state index is 12.8. The van der Waals surface area contributed by atoms with E-state index in [9.17, 15) is 13.2 Å². The van der Waals surface area contributed by atoms with Crippen molar-refractivity contribution in [2.75, 3.05) is 49.3 Å². The molecule has 2 aromatic rings. The first kappa shape index (κ1) is 24.7. The molecule has 1 heterocycles. The van der Waals surface area contributed by atoms with Crippen LogP contribution in [0, 0.1) is 0 Å². The minimum absolute atomic E-state index is 0.244. The van der Waals surface area contributed by atoms with Gasteiger partial charge in [0.05, 0.1) is 32.2 Å². The molecule has 1 unspecified atom stereocenters. The number of methoxy groups -OCH3 is 2. The van der Waals surface area contributed by atoms with E-state index in [4.69, 9.17) is 9.47 Å². The zero-order valence-corrected chi connectivity index (χ0v) is 20.5. The second-order valence-electron chi connectivity index (χ2n) is 8.24. The van der Waals surface area contributed by atoms with E-state index < -0.39 is 15.9 Å². The van der Waals surface area contributed by atoms with Gasteiger partial charge in [-0.05, 0) is 56.0 Å². The van der Waals surface area contributed by atoms with Crippen molar-refractivity contribution < 1.29 is 22.7 Å². The number of piperidine rings is 1. The average molecular weight is 476 g/mol. The molecular weight excluding hydrogens is 442 g/mol. The quantitative estimate of drug-likeness (QED) is 0.599. The number of hydrogen-bond donors (Lipinski definition) is 1. The summed E-state index contributed by atoms with van der Waals surface area (Å²) in [6, 6.07) is 12.7. The zero-order valence-electron chi connectivity index (χ0n) is 19.7. The van der Waals surface area contributed by atoms with Crippen molar-refractivity contribution in [3.05, 3.63) is 48.0 Å². The van der Waals surface area contributed by atoms with Crippen LogP contribution in [-0.2, 0) is 14.8 Å². The molecule has 1 amide bonds. The molecule has 1 N–H and O–H groups in total. The predicted molar refractivity (Wildman–Crippen MR) is 131 cm³/mol. The predicted octanol–water partition coefficient (Wildman–Crippen LogP) is 3.34. The maximum atomic E-state index is 12.8. The first-order valence-corrected chi connectivity index (χ1v) is 12.9. The number of ether oxygens (including phenoxy) is 2. The minimum Gasteiger partial charge on any atom is -0.497 e. The monoisotopic (exact) mass is 475 g/mol. The summed E-state index contributed by atoms with van der Waals surface area (Å²) >= 11 is 0. The molecule has 1 atom stereocenters. The Morgan fingerprint density at radius 1 is 1.06 bits per heavy atom. The van der Waals surface area contributed by atoms with Crippen LogP contribution < -0.4 is 24.0 Å². The lowest BCUT2D eigenvalue weighted by Crippen LogP contribution is -2.41. The number of amides is 1. The van der Waals surface area contributed by atoms with E-state index in [1.807, 2.05) is 19.1 Å². The van der Waals surface area contributed by atoms with Crippen LogP contribution in [0.4, 0.5) is 11.4 Å². The highest BCUT2D eigenvalue weighted by molar-refractivity contribution is 7.92. The van der Waals surface area contributed by atoms with Crippen molar-refractivity contribution in [2.45, 2.75) is 32.2 Å². The molecule has 0 aromatic heterocycles. The topological polar surface area (TPSA) is 88.2 Å². The highest BCUT2D eigenvalue weighted by atomic mass is 32.2. The number of carbonyl (C=O) groups excluding carboxylic acids is 1. The molecule has 1 fully saturated rings. The summed E-state index contributed by atoms with van der Waals surface area (Å²) in [7, 11) is -0.824.